The van der Waals surface area contributed by atoms with E-state index in [4.69, 9.17) is 15.9 Å². The van der Waals surface area contributed by atoms with Crippen LogP contribution in [0.2, 0.25) is 0 Å². The fourth-order valence-electron chi connectivity index (χ4n) is 2.41. The van der Waals surface area contributed by atoms with Crippen LogP contribution in [0, 0.1) is 12.3 Å². The molecule has 1 aromatic rings. The van der Waals surface area contributed by atoms with E-state index in [9.17, 15) is 14.4 Å². The molecule has 0 spiro atoms. The first-order chi connectivity index (χ1) is 13.8. The van der Waals surface area contributed by atoms with E-state index in [0.717, 1.165) is 5.69 Å². The van der Waals surface area contributed by atoms with Crippen LogP contribution in [-0.4, -0.2) is 41.6 Å². The summed E-state index contributed by atoms with van der Waals surface area (Å²) in [6, 6.07) is 5.69. The average molecular weight is 417 g/mol. The molecule has 0 heterocycles. The molecule has 30 heavy (non-hydrogen) atoms. The Kier molecular flexibility index (Phi) is 8.91. The maximum atomic E-state index is 12.6. The third kappa shape index (κ3) is 9.97. The topological polar surface area (TPSA) is 93.7 Å². The predicted molar refractivity (Wildman–Crippen MR) is 116 cm³/mol. The molecule has 0 saturated heterocycles. The van der Waals surface area contributed by atoms with Crippen molar-refractivity contribution in [2.75, 3.05) is 11.9 Å². The minimum Gasteiger partial charge on any atom is -0.460 e. The van der Waals surface area contributed by atoms with Crippen molar-refractivity contribution in [2.24, 2.45) is 0 Å². The Balaban J connectivity index is 2.85. The first-order valence-electron chi connectivity index (χ1n) is 9.84. The number of esters is 2. The number of hydrogen-bond acceptors (Lipinski definition) is 6. The quantitative estimate of drug-likeness (QED) is 0.499. The van der Waals surface area contributed by atoms with E-state index < -0.39 is 35.1 Å². The summed E-state index contributed by atoms with van der Waals surface area (Å²) in [6.45, 7) is 10.9. The van der Waals surface area contributed by atoms with Crippen molar-refractivity contribution in [3.05, 3.63) is 29.8 Å². The number of anilines is 1. The van der Waals surface area contributed by atoms with Gasteiger partial charge >= 0.3 is 11.9 Å². The Labute approximate surface area is 178 Å². The Morgan fingerprint density at radius 2 is 1.57 bits per heavy atom. The second-order valence-corrected chi connectivity index (χ2v) is 8.82. The highest BCUT2D eigenvalue weighted by atomic mass is 16.6. The lowest BCUT2D eigenvalue weighted by Crippen LogP contribution is -2.44. The van der Waals surface area contributed by atoms with Crippen molar-refractivity contribution in [1.29, 1.82) is 0 Å². The maximum absolute atomic E-state index is 12.6. The van der Waals surface area contributed by atoms with Gasteiger partial charge in [0.1, 0.15) is 17.2 Å². The van der Waals surface area contributed by atoms with Gasteiger partial charge in [0.05, 0.1) is 6.54 Å². The molecule has 1 rings (SSSR count). The summed E-state index contributed by atoms with van der Waals surface area (Å²) >= 11 is 0. The van der Waals surface area contributed by atoms with Crippen LogP contribution in [0.5, 0.6) is 0 Å². The highest BCUT2D eigenvalue weighted by Crippen LogP contribution is 2.15. The van der Waals surface area contributed by atoms with Gasteiger partial charge in [0.15, 0.2) is 0 Å². The van der Waals surface area contributed by atoms with Crippen LogP contribution in [-0.2, 0) is 19.1 Å². The fourth-order valence-corrected chi connectivity index (χ4v) is 2.41. The number of ether oxygens (including phenoxy) is 2. The summed E-state index contributed by atoms with van der Waals surface area (Å²) in [5, 5.41) is 5.67. The molecule has 0 aliphatic rings. The third-order valence-corrected chi connectivity index (χ3v) is 3.60. The number of hydrogen-bond donors (Lipinski definition) is 2. The predicted octanol–water partition coefficient (Wildman–Crippen LogP) is 3.29. The fraction of sp³-hybridized carbons (Fsp3) is 0.522. The first-order valence-corrected chi connectivity index (χ1v) is 9.84. The van der Waals surface area contributed by atoms with Crippen molar-refractivity contribution in [1.82, 2.24) is 5.32 Å². The van der Waals surface area contributed by atoms with Crippen LogP contribution in [0.1, 0.15) is 64.7 Å². The van der Waals surface area contributed by atoms with Crippen molar-refractivity contribution in [3.8, 4) is 12.3 Å². The molecule has 164 valence electrons. The number of nitrogens with one attached hydrogen (secondary N) is 2. The second kappa shape index (κ2) is 10.7. The van der Waals surface area contributed by atoms with Gasteiger partial charge in [-0.25, -0.2) is 4.79 Å². The lowest BCUT2D eigenvalue weighted by atomic mass is 10.1. The molecule has 1 atom stereocenters. The average Bonchev–Trinajstić information content (AvgIpc) is 2.60. The lowest BCUT2D eigenvalue weighted by molar-refractivity contribution is -0.158. The molecule has 0 fully saturated rings. The van der Waals surface area contributed by atoms with Crippen LogP contribution < -0.4 is 10.6 Å². The van der Waals surface area contributed by atoms with Crippen molar-refractivity contribution in [2.45, 2.75) is 71.6 Å². The van der Waals surface area contributed by atoms with Gasteiger partial charge in [0.25, 0.3) is 5.91 Å². The summed E-state index contributed by atoms with van der Waals surface area (Å²) in [5.41, 5.74) is -0.210. The number of carbonyl (C=O) groups excluding carboxylic acids is 3. The third-order valence-electron chi connectivity index (χ3n) is 3.60. The highest BCUT2D eigenvalue weighted by Gasteiger charge is 2.28. The molecule has 0 bridgehead atoms. The molecule has 0 radical (unpaired) electrons. The molecular weight excluding hydrogens is 384 g/mol. The molecule has 0 aliphatic carbocycles. The maximum Gasteiger partial charge on any atom is 0.329 e. The molecule has 1 amide bonds. The second-order valence-electron chi connectivity index (χ2n) is 8.82. The van der Waals surface area contributed by atoms with E-state index in [1.54, 1.807) is 65.8 Å². The Hall–Kier alpha value is -3.01. The highest BCUT2D eigenvalue weighted by molar-refractivity contribution is 5.97. The Morgan fingerprint density at radius 1 is 1.00 bits per heavy atom. The van der Waals surface area contributed by atoms with Crippen LogP contribution in [0.25, 0.3) is 0 Å². The molecule has 7 nitrogen and oxygen atoms in total. The first kappa shape index (κ1) is 25.0. The zero-order valence-electron chi connectivity index (χ0n) is 18.6. The summed E-state index contributed by atoms with van der Waals surface area (Å²) in [6.07, 6.45) is 5.25. The zero-order chi connectivity index (χ0) is 22.9. The van der Waals surface area contributed by atoms with Gasteiger partial charge in [-0.1, -0.05) is 5.92 Å². The minimum absolute atomic E-state index is 0.0313. The molecule has 0 aliphatic heterocycles. The number of rotatable bonds is 8. The van der Waals surface area contributed by atoms with E-state index in [1.807, 2.05) is 0 Å². The molecule has 0 aromatic heterocycles. The van der Waals surface area contributed by atoms with Crippen LogP contribution in [0.4, 0.5) is 5.69 Å². The summed E-state index contributed by atoms with van der Waals surface area (Å²) in [4.78, 5) is 37.3. The molecule has 0 saturated carbocycles. The number of carbonyl (C=O) groups is 3. The SMILES string of the molecule is C#CCNc1ccc(C(=O)N[C@@H](CCC(=O)OC(C)(C)C)C(=O)OC(C)(C)C)cc1. The minimum atomic E-state index is -0.983. The summed E-state index contributed by atoms with van der Waals surface area (Å²) in [7, 11) is 0. The Bertz CT molecular complexity index is 780. The van der Waals surface area contributed by atoms with Crippen LogP contribution >= 0.6 is 0 Å². The monoisotopic (exact) mass is 416 g/mol. The van der Waals surface area contributed by atoms with Gasteiger partial charge in [-0.2, -0.15) is 0 Å². The molecule has 2 N–H and O–H groups in total. The number of benzene rings is 1. The lowest BCUT2D eigenvalue weighted by Gasteiger charge is -2.25. The van der Waals surface area contributed by atoms with Gasteiger partial charge in [-0.05, 0) is 72.2 Å². The van der Waals surface area contributed by atoms with Crippen LogP contribution in [0.15, 0.2) is 24.3 Å². The van der Waals surface area contributed by atoms with Crippen LogP contribution in [0.3, 0.4) is 0 Å². The smallest absolute Gasteiger partial charge is 0.329 e. The molecule has 0 unspecified atom stereocenters. The van der Waals surface area contributed by atoms with E-state index in [1.165, 1.54) is 0 Å². The van der Waals surface area contributed by atoms with Gasteiger partial charge in [-0.15, -0.1) is 6.42 Å². The molecule has 7 heteroatoms. The molecule has 1 aromatic carbocycles. The van der Waals surface area contributed by atoms with Gasteiger partial charge in [0, 0.05) is 17.7 Å². The summed E-state index contributed by atoms with van der Waals surface area (Å²) < 4.78 is 10.7. The van der Waals surface area contributed by atoms with E-state index >= 15 is 0 Å². The number of amides is 1. The van der Waals surface area contributed by atoms with Gasteiger partial charge < -0.3 is 20.1 Å². The molecular formula is C23H32N2O5. The van der Waals surface area contributed by atoms with E-state index in [0.29, 0.717) is 12.1 Å². The zero-order valence-corrected chi connectivity index (χ0v) is 18.6. The van der Waals surface area contributed by atoms with E-state index in [2.05, 4.69) is 16.6 Å². The van der Waals surface area contributed by atoms with Gasteiger partial charge in [0.2, 0.25) is 0 Å². The van der Waals surface area contributed by atoms with Crippen molar-refractivity contribution >= 4 is 23.5 Å². The summed E-state index contributed by atoms with van der Waals surface area (Å²) in [5.74, 6) is 0.968. The number of terminal acetylenes is 1. The van der Waals surface area contributed by atoms with Gasteiger partial charge in [-0.3, -0.25) is 9.59 Å². The van der Waals surface area contributed by atoms with Crippen molar-refractivity contribution in [3.63, 3.8) is 0 Å². The Morgan fingerprint density at radius 3 is 2.07 bits per heavy atom. The normalized spacial score (nSPS) is 12.3. The standard InChI is InChI=1S/C23H32N2O5/c1-8-15-24-17-11-9-16(10-12-17)20(27)25-18(21(28)30-23(5,6)7)13-14-19(26)29-22(2,3)4/h1,9-12,18,24H,13-15H2,2-7H3,(H,25,27)/t18-/m0/s1. The van der Waals surface area contributed by atoms with Crippen molar-refractivity contribution < 1.29 is 23.9 Å². The largest absolute Gasteiger partial charge is 0.460 e. The van der Waals surface area contributed by atoms with E-state index in [-0.39, 0.29) is 12.8 Å².